The lowest BCUT2D eigenvalue weighted by atomic mass is 9.99. The summed E-state index contributed by atoms with van der Waals surface area (Å²) in [5, 5.41) is -0.0859. The van der Waals surface area contributed by atoms with E-state index in [0.29, 0.717) is 5.75 Å². The maximum absolute atomic E-state index is 6.57. The highest BCUT2D eigenvalue weighted by molar-refractivity contribution is 6.21. The molecule has 0 bridgehead atoms. The highest BCUT2D eigenvalue weighted by Crippen LogP contribution is 2.36. The van der Waals surface area contributed by atoms with Gasteiger partial charge in [0.05, 0.1) is 19.6 Å². The van der Waals surface area contributed by atoms with Crippen LogP contribution in [0.3, 0.4) is 0 Å². The van der Waals surface area contributed by atoms with Crippen molar-refractivity contribution in [3.8, 4) is 11.5 Å². The average molecular weight is 291 g/mol. The van der Waals surface area contributed by atoms with Crippen LogP contribution in [-0.4, -0.2) is 14.2 Å². The van der Waals surface area contributed by atoms with Gasteiger partial charge in [-0.3, -0.25) is 0 Å². The Labute approximate surface area is 125 Å². The Morgan fingerprint density at radius 3 is 2.20 bits per heavy atom. The van der Waals surface area contributed by atoms with Gasteiger partial charge < -0.3 is 9.47 Å². The first kappa shape index (κ1) is 14.7. The second kappa shape index (κ2) is 6.67. The van der Waals surface area contributed by atoms with Crippen LogP contribution in [0.25, 0.3) is 0 Å². The van der Waals surface area contributed by atoms with Crippen molar-refractivity contribution < 1.29 is 9.47 Å². The molecule has 0 aliphatic heterocycles. The summed E-state index contributed by atoms with van der Waals surface area (Å²) in [4.78, 5) is 0. The Kier molecular flexibility index (Phi) is 4.91. The van der Waals surface area contributed by atoms with Crippen molar-refractivity contribution in [1.29, 1.82) is 0 Å². The first-order chi connectivity index (χ1) is 9.65. The number of methoxy groups -OCH3 is 2. The van der Waals surface area contributed by atoms with E-state index in [9.17, 15) is 0 Å². The van der Waals surface area contributed by atoms with Crippen molar-refractivity contribution >= 4 is 11.6 Å². The topological polar surface area (TPSA) is 18.5 Å². The SMILES string of the molecule is COc1cc(C)c(C(Cl)Cc2ccccc2)cc1OC. The summed E-state index contributed by atoms with van der Waals surface area (Å²) in [6.45, 7) is 2.04. The van der Waals surface area contributed by atoms with Gasteiger partial charge >= 0.3 is 0 Å². The standard InChI is InChI=1S/C17H19ClO2/c1-12-9-16(19-2)17(20-3)11-14(12)15(18)10-13-7-5-4-6-8-13/h4-9,11,15H,10H2,1-3H3. The Bertz CT molecular complexity index is 567. The number of benzene rings is 2. The van der Waals surface area contributed by atoms with Crippen LogP contribution in [0, 0.1) is 6.92 Å². The summed E-state index contributed by atoms with van der Waals surface area (Å²) in [6.07, 6.45) is 0.790. The molecular formula is C17H19ClO2. The van der Waals surface area contributed by atoms with E-state index in [4.69, 9.17) is 21.1 Å². The molecule has 0 spiro atoms. The van der Waals surface area contributed by atoms with Crippen LogP contribution in [0.15, 0.2) is 42.5 Å². The Morgan fingerprint density at radius 1 is 1.00 bits per heavy atom. The third-order valence-electron chi connectivity index (χ3n) is 3.37. The molecule has 0 radical (unpaired) electrons. The summed E-state index contributed by atoms with van der Waals surface area (Å²) < 4.78 is 10.7. The van der Waals surface area contributed by atoms with Gasteiger partial charge in [-0.2, -0.15) is 0 Å². The number of hydrogen-bond donors (Lipinski definition) is 0. The van der Waals surface area contributed by atoms with Gasteiger partial charge in [0.25, 0.3) is 0 Å². The first-order valence-corrected chi connectivity index (χ1v) is 7.00. The zero-order valence-corrected chi connectivity index (χ0v) is 12.8. The fourth-order valence-electron chi connectivity index (χ4n) is 2.26. The molecule has 0 heterocycles. The second-order valence-corrected chi connectivity index (χ2v) is 5.25. The zero-order chi connectivity index (χ0) is 14.5. The van der Waals surface area contributed by atoms with Crippen LogP contribution >= 0.6 is 11.6 Å². The maximum atomic E-state index is 6.57. The molecule has 0 aliphatic rings. The van der Waals surface area contributed by atoms with E-state index in [1.165, 1.54) is 5.56 Å². The lowest BCUT2D eigenvalue weighted by molar-refractivity contribution is 0.354. The molecule has 3 heteroatoms. The molecule has 0 aliphatic carbocycles. The minimum absolute atomic E-state index is 0.0859. The summed E-state index contributed by atoms with van der Waals surface area (Å²) in [6, 6.07) is 14.2. The fourth-order valence-corrected chi connectivity index (χ4v) is 2.68. The molecule has 0 amide bonds. The molecule has 1 unspecified atom stereocenters. The van der Waals surface area contributed by atoms with Gasteiger partial charge in [0.1, 0.15) is 0 Å². The number of aryl methyl sites for hydroxylation is 1. The van der Waals surface area contributed by atoms with E-state index < -0.39 is 0 Å². The number of hydrogen-bond acceptors (Lipinski definition) is 2. The normalized spacial score (nSPS) is 12.0. The third kappa shape index (κ3) is 3.26. The van der Waals surface area contributed by atoms with Crippen molar-refractivity contribution in [2.24, 2.45) is 0 Å². The van der Waals surface area contributed by atoms with Crippen molar-refractivity contribution in [3.05, 3.63) is 59.2 Å². The smallest absolute Gasteiger partial charge is 0.161 e. The Balaban J connectivity index is 2.27. The molecule has 0 saturated heterocycles. The van der Waals surface area contributed by atoms with Crippen LogP contribution in [-0.2, 0) is 6.42 Å². The molecular weight excluding hydrogens is 272 g/mol. The van der Waals surface area contributed by atoms with Gasteiger partial charge in [-0.1, -0.05) is 30.3 Å². The molecule has 2 rings (SSSR count). The van der Waals surface area contributed by atoms with Gasteiger partial charge in [-0.25, -0.2) is 0 Å². The first-order valence-electron chi connectivity index (χ1n) is 6.56. The minimum atomic E-state index is -0.0859. The zero-order valence-electron chi connectivity index (χ0n) is 12.0. The van der Waals surface area contributed by atoms with Gasteiger partial charge in [-0.05, 0) is 42.2 Å². The van der Waals surface area contributed by atoms with E-state index in [1.54, 1.807) is 14.2 Å². The monoisotopic (exact) mass is 290 g/mol. The molecule has 2 aromatic carbocycles. The van der Waals surface area contributed by atoms with Gasteiger partial charge in [-0.15, -0.1) is 11.6 Å². The molecule has 2 nitrogen and oxygen atoms in total. The molecule has 0 fully saturated rings. The second-order valence-electron chi connectivity index (χ2n) is 4.72. The van der Waals surface area contributed by atoms with Crippen molar-refractivity contribution in [3.63, 3.8) is 0 Å². The Morgan fingerprint density at radius 2 is 1.60 bits per heavy atom. The number of halogens is 1. The highest BCUT2D eigenvalue weighted by atomic mass is 35.5. The van der Waals surface area contributed by atoms with E-state index in [0.717, 1.165) is 23.3 Å². The van der Waals surface area contributed by atoms with Crippen molar-refractivity contribution in [2.45, 2.75) is 18.7 Å². The van der Waals surface area contributed by atoms with Crippen LogP contribution in [0.4, 0.5) is 0 Å². The van der Waals surface area contributed by atoms with Gasteiger partial charge in [0, 0.05) is 0 Å². The van der Waals surface area contributed by atoms with Crippen molar-refractivity contribution in [2.75, 3.05) is 14.2 Å². The fraction of sp³-hybridized carbons (Fsp3) is 0.294. The molecule has 20 heavy (non-hydrogen) atoms. The molecule has 2 aromatic rings. The van der Waals surface area contributed by atoms with Gasteiger partial charge in [0.2, 0.25) is 0 Å². The lowest BCUT2D eigenvalue weighted by Gasteiger charge is -2.16. The van der Waals surface area contributed by atoms with Gasteiger partial charge in [0.15, 0.2) is 11.5 Å². The summed E-state index contributed by atoms with van der Waals surface area (Å²) in [5.74, 6) is 1.45. The highest BCUT2D eigenvalue weighted by Gasteiger charge is 2.15. The predicted molar refractivity (Wildman–Crippen MR) is 83.0 cm³/mol. The van der Waals surface area contributed by atoms with E-state index in [-0.39, 0.29) is 5.38 Å². The number of rotatable bonds is 5. The van der Waals surface area contributed by atoms with Crippen LogP contribution in [0.1, 0.15) is 22.1 Å². The van der Waals surface area contributed by atoms with Crippen LogP contribution < -0.4 is 9.47 Å². The maximum Gasteiger partial charge on any atom is 0.161 e. The summed E-state index contributed by atoms with van der Waals surface area (Å²) in [5.41, 5.74) is 3.41. The largest absolute Gasteiger partial charge is 0.493 e. The molecule has 106 valence electrons. The molecule has 0 N–H and O–H groups in total. The minimum Gasteiger partial charge on any atom is -0.493 e. The molecule has 1 atom stereocenters. The van der Waals surface area contributed by atoms with E-state index in [2.05, 4.69) is 12.1 Å². The summed E-state index contributed by atoms with van der Waals surface area (Å²) in [7, 11) is 3.27. The Hall–Kier alpha value is -1.67. The van der Waals surface area contributed by atoms with Crippen molar-refractivity contribution in [1.82, 2.24) is 0 Å². The van der Waals surface area contributed by atoms with E-state index in [1.807, 2.05) is 37.3 Å². The van der Waals surface area contributed by atoms with Crippen LogP contribution in [0.2, 0.25) is 0 Å². The quantitative estimate of drug-likeness (QED) is 0.753. The lowest BCUT2D eigenvalue weighted by Crippen LogP contribution is -2.01. The predicted octanol–water partition coefficient (Wildman–Crippen LogP) is 4.53. The number of ether oxygens (including phenoxy) is 2. The number of alkyl halides is 1. The molecule has 0 saturated carbocycles. The van der Waals surface area contributed by atoms with Crippen LogP contribution in [0.5, 0.6) is 11.5 Å². The summed E-state index contributed by atoms with van der Waals surface area (Å²) >= 11 is 6.57. The third-order valence-corrected chi connectivity index (χ3v) is 3.76. The molecule has 0 aromatic heterocycles. The average Bonchev–Trinajstić information content (AvgIpc) is 2.47. The van der Waals surface area contributed by atoms with E-state index >= 15 is 0 Å².